The van der Waals surface area contributed by atoms with Gasteiger partial charge in [0.15, 0.2) is 0 Å². The topological polar surface area (TPSA) is 50.2 Å². The largest absolute Gasteiger partial charge is 0.478 e. The van der Waals surface area contributed by atoms with Crippen LogP contribution in [0.25, 0.3) is 10.9 Å². The predicted molar refractivity (Wildman–Crippen MR) is 61.4 cm³/mol. The molecule has 0 aliphatic rings. The lowest BCUT2D eigenvalue weighted by atomic mass is 10.1. The molecule has 0 bridgehead atoms. The number of pyridine rings is 1. The van der Waals surface area contributed by atoms with Gasteiger partial charge in [-0.3, -0.25) is 4.98 Å². The lowest BCUT2D eigenvalue weighted by Gasteiger charge is -2.05. The monoisotopic (exact) mass is 285 g/mol. The van der Waals surface area contributed by atoms with E-state index in [1.807, 2.05) is 0 Å². The molecule has 76 valence electrons. The van der Waals surface area contributed by atoms with Gasteiger partial charge in [0.1, 0.15) is 0 Å². The predicted octanol–water partition coefficient (Wildman–Crippen LogP) is 3.35. The van der Waals surface area contributed by atoms with Crippen LogP contribution in [0.1, 0.15) is 10.4 Å². The van der Waals surface area contributed by atoms with Crippen molar-refractivity contribution in [3.8, 4) is 0 Å². The third-order valence-electron chi connectivity index (χ3n) is 2.01. The van der Waals surface area contributed by atoms with E-state index in [1.54, 1.807) is 24.4 Å². The van der Waals surface area contributed by atoms with Gasteiger partial charge in [0.2, 0.25) is 0 Å². The van der Waals surface area contributed by atoms with Gasteiger partial charge in [-0.15, -0.1) is 0 Å². The minimum Gasteiger partial charge on any atom is -0.478 e. The van der Waals surface area contributed by atoms with E-state index in [0.717, 1.165) is 0 Å². The second-order valence-electron chi connectivity index (χ2n) is 2.92. The van der Waals surface area contributed by atoms with Crippen molar-refractivity contribution < 1.29 is 9.90 Å². The van der Waals surface area contributed by atoms with Gasteiger partial charge in [-0.05, 0) is 28.1 Å². The van der Waals surface area contributed by atoms with Gasteiger partial charge in [0.25, 0.3) is 0 Å². The summed E-state index contributed by atoms with van der Waals surface area (Å²) in [6, 6.07) is 4.90. The number of carbonyl (C=O) groups is 1. The number of aromatic nitrogens is 1. The molecule has 0 unspecified atom stereocenters. The molecular weight excluding hydrogens is 281 g/mol. The maximum Gasteiger partial charge on any atom is 0.337 e. The quantitative estimate of drug-likeness (QED) is 0.874. The molecule has 0 amide bonds. The number of carboxylic acids is 1. The summed E-state index contributed by atoms with van der Waals surface area (Å²) in [4.78, 5) is 15.1. The highest BCUT2D eigenvalue weighted by Crippen LogP contribution is 2.31. The Hall–Kier alpha value is -1.13. The van der Waals surface area contributed by atoms with Crippen LogP contribution in [-0.2, 0) is 0 Å². The number of benzene rings is 1. The zero-order valence-corrected chi connectivity index (χ0v) is 9.71. The zero-order valence-electron chi connectivity index (χ0n) is 7.37. The number of nitrogens with zero attached hydrogens (tertiary/aromatic N) is 1. The first-order valence-electron chi connectivity index (χ1n) is 4.07. The van der Waals surface area contributed by atoms with E-state index in [4.69, 9.17) is 16.7 Å². The fourth-order valence-corrected chi connectivity index (χ4v) is 2.40. The van der Waals surface area contributed by atoms with Crippen LogP contribution in [0.4, 0.5) is 0 Å². The minimum atomic E-state index is -1.00. The Labute approximate surface area is 98.8 Å². The van der Waals surface area contributed by atoms with Gasteiger partial charge < -0.3 is 5.11 Å². The molecule has 2 rings (SSSR count). The smallest absolute Gasteiger partial charge is 0.337 e. The summed E-state index contributed by atoms with van der Waals surface area (Å²) < 4.78 is 0.459. The van der Waals surface area contributed by atoms with Crippen molar-refractivity contribution in [2.45, 2.75) is 0 Å². The molecular formula is C10H5BrClNO2. The highest BCUT2D eigenvalue weighted by atomic mass is 79.9. The van der Waals surface area contributed by atoms with Crippen molar-refractivity contribution in [3.05, 3.63) is 39.5 Å². The Morgan fingerprint density at radius 3 is 2.93 bits per heavy atom. The Bertz CT molecular complexity index is 556. The third-order valence-corrected chi connectivity index (χ3v) is 2.92. The molecule has 2 aromatic rings. The maximum atomic E-state index is 11.0. The van der Waals surface area contributed by atoms with E-state index < -0.39 is 5.97 Å². The van der Waals surface area contributed by atoms with Crippen LogP contribution < -0.4 is 0 Å². The van der Waals surface area contributed by atoms with E-state index in [-0.39, 0.29) is 5.56 Å². The normalized spacial score (nSPS) is 10.5. The lowest BCUT2D eigenvalue weighted by molar-refractivity contribution is 0.0698. The third kappa shape index (κ3) is 1.70. The van der Waals surface area contributed by atoms with Crippen molar-refractivity contribution in [2.75, 3.05) is 0 Å². The second-order valence-corrected chi connectivity index (χ2v) is 4.18. The molecule has 0 saturated carbocycles. The average Bonchev–Trinajstić information content (AvgIpc) is 2.17. The molecule has 15 heavy (non-hydrogen) atoms. The maximum absolute atomic E-state index is 11.0. The fourth-order valence-electron chi connectivity index (χ4n) is 1.40. The summed E-state index contributed by atoms with van der Waals surface area (Å²) in [6.07, 6.45) is 1.58. The molecule has 1 aromatic heterocycles. The number of rotatable bonds is 1. The Morgan fingerprint density at radius 2 is 2.27 bits per heavy atom. The molecule has 0 radical (unpaired) electrons. The average molecular weight is 287 g/mol. The van der Waals surface area contributed by atoms with Crippen LogP contribution in [-0.4, -0.2) is 16.1 Å². The molecule has 1 heterocycles. The van der Waals surface area contributed by atoms with Gasteiger partial charge in [-0.2, -0.15) is 0 Å². The molecule has 0 aliphatic heterocycles. The highest BCUT2D eigenvalue weighted by Gasteiger charge is 2.15. The number of fused-ring (bicyclic) bond motifs is 1. The first-order valence-corrected chi connectivity index (χ1v) is 5.24. The van der Waals surface area contributed by atoms with Gasteiger partial charge in [0, 0.05) is 16.1 Å². The number of halogens is 2. The van der Waals surface area contributed by atoms with Gasteiger partial charge in [0.05, 0.1) is 16.1 Å². The minimum absolute atomic E-state index is 0.183. The van der Waals surface area contributed by atoms with Crippen LogP contribution in [0.5, 0.6) is 0 Å². The van der Waals surface area contributed by atoms with Gasteiger partial charge in [-0.1, -0.05) is 17.7 Å². The number of carboxylic acid groups (broad SMARTS) is 1. The Kier molecular flexibility index (Phi) is 2.63. The van der Waals surface area contributed by atoms with E-state index in [1.165, 1.54) is 0 Å². The summed E-state index contributed by atoms with van der Waals surface area (Å²) >= 11 is 9.13. The van der Waals surface area contributed by atoms with Crippen molar-refractivity contribution in [2.24, 2.45) is 0 Å². The van der Waals surface area contributed by atoms with Crippen LogP contribution in [0.2, 0.25) is 5.02 Å². The SMILES string of the molecule is O=C(O)c1c(Br)cc(Cl)c2ncccc12. The summed E-state index contributed by atoms with van der Waals surface area (Å²) in [5, 5.41) is 10.0. The summed E-state index contributed by atoms with van der Waals surface area (Å²) in [6.45, 7) is 0. The van der Waals surface area contributed by atoms with E-state index in [9.17, 15) is 4.79 Å². The van der Waals surface area contributed by atoms with Crippen LogP contribution >= 0.6 is 27.5 Å². The fraction of sp³-hybridized carbons (Fsp3) is 0. The van der Waals surface area contributed by atoms with E-state index in [0.29, 0.717) is 20.4 Å². The number of hydrogen-bond donors (Lipinski definition) is 1. The molecule has 5 heteroatoms. The van der Waals surface area contributed by atoms with Crippen molar-refractivity contribution in [3.63, 3.8) is 0 Å². The van der Waals surface area contributed by atoms with Gasteiger partial charge >= 0.3 is 5.97 Å². The van der Waals surface area contributed by atoms with E-state index >= 15 is 0 Å². The molecule has 1 aromatic carbocycles. The van der Waals surface area contributed by atoms with Gasteiger partial charge in [-0.25, -0.2) is 4.79 Å². The lowest BCUT2D eigenvalue weighted by Crippen LogP contribution is -2.00. The first-order chi connectivity index (χ1) is 7.11. The molecule has 0 spiro atoms. The van der Waals surface area contributed by atoms with Crippen molar-refractivity contribution in [1.29, 1.82) is 0 Å². The summed E-state index contributed by atoms with van der Waals surface area (Å²) in [5.74, 6) is -1.00. The number of aromatic carboxylic acids is 1. The summed E-state index contributed by atoms with van der Waals surface area (Å²) in [7, 11) is 0. The van der Waals surface area contributed by atoms with E-state index in [2.05, 4.69) is 20.9 Å². The van der Waals surface area contributed by atoms with Crippen molar-refractivity contribution in [1.82, 2.24) is 4.98 Å². The molecule has 0 atom stereocenters. The Morgan fingerprint density at radius 1 is 1.53 bits per heavy atom. The highest BCUT2D eigenvalue weighted by molar-refractivity contribution is 9.10. The zero-order chi connectivity index (χ0) is 11.0. The number of hydrogen-bond acceptors (Lipinski definition) is 2. The molecule has 3 nitrogen and oxygen atoms in total. The van der Waals surface area contributed by atoms with Crippen LogP contribution in [0, 0.1) is 0 Å². The molecule has 0 aliphatic carbocycles. The molecule has 0 fully saturated rings. The van der Waals surface area contributed by atoms with Crippen LogP contribution in [0.15, 0.2) is 28.9 Å². The molecule has 0 saturated heterocycles. The standard InChI is InChI=1S/C10H5BrClNO2/c11-6-4-7(12)9-5(2-1-3-13-9)8(6)10(14)15/h1-4H,(H,14,15). The van der Waals surface area contributed by atoms with Crippen LogP contribution in [0.3, 0.4) is 0 Å². The molecule has 1 N–H and O–H groups in total. The summed E-state index contributed by atoms with van der Waals surface area (Å²) in [5.41, 5.74) is 0.683. The van der Waals surface area contributed by atoms with Crippen molar-refractivity contribution >= 4 is 44.4 Å². The second kappa shape index (κ2) is 3.79. The Balaban J connectivity index is 2.96. The first kappa shape index (κ1) is 10.4.